The van der Waals surface area contributed by atoms with Crippen molar-refractivity contribution in [2.75, 3.05) is 19.0 Å². The van der Waals surface area contributed by atoms with Crippen LogP contribution in [0.1, 0.15) is 11.1 Å². The minimum absolute atomic E-state index is 0.516. The van der Waals surface area contributed by atoms with E-state index >= 15 is 0 Å². The highest BCUT2D eigenvalue weighted by Gasteiger charge is 2.04. The Kier molecular flexibility index (Phi) is 2.52. The van der Waals surface area contributed by atoms with Crippen LogP contribution in [0, 0.1) is 22.7 Å². The molecule has 13 heavy (non-hydrogen) atoms. The zero-order valence-corrected chi connectivity index (χ0v) is 7.57. The summed E-state index contributed by atoms with van der Waals surface area (Å²) in [4.78, 5) is 1.85. The highest BCUT2D eigenvalue weighted by Crippen LogP contribution is 2.18. The Labute approximate surface area is 77.4 Å². The molecule has 0 fully saturated rings. The molecule has 0 N–H and O–H groups in total. The van der Waals surface area contributed by atoms with E-state index in [9.17, 15) is 0 Å². The number of hydrogen-bond donors (Lipinski definition) is 0. The van der Waals surface area contributed by atoms with Crippen LogP contribution in [0.25, 0.3) is 0 Å². The molecule has 1 aromatic rings. The molecule has 0 unspecified atom stereocenters. The molecule has 0 saturated carbocycles. The molecule has 1 aromatic carbocycles. The molecule has 0 saturated heterocycles. The van der Waals surface area contributed by atoms with E-state index in [2.05, 4.69) is 6.07 Å². The molecule has 1 rings (SSSR count). The van der Waals surface area contributed by atoms with Crippen LogP contribution in [0.15, 0.2) is 18.2 Å². The molecule has 0 atom stereocenters. The van der Waals surface area contributed by atoms with Crippen LogP contribution in [-0.4, -0.2) is 14.1 Å². The van der Waals surface area contributed by atoms with Gasteiger partial charge in [0.25, 0.3) is 0 Å². The molecule has 0 radical (unpaired) electrons. The molecule has 0 aromatic heterocycles. The van der Waals surface area contributed by atoms with Crippen molar-refractivity contribution in [1.29, 1.82) is 10.5 Å². The maximum Gasteiger partial charge on any atom is 0.101 e. The lowest BCUT2D eigenvalue weighted by Crippen LogP contribution is -2.10. The van der Waals surface area contributed by atoms with E-state index in [-0.39, 0.29) is 0 Å². The Bertz CT molecular complexity index is 394. The fourth-order valence-electron chi connectivity index (χ4n) is 1.09. The third-order valence-corrected chi connectivity index (χ3v) is 1.73. The van der Waals surface area contributed by atoms with Gasteiger partial charge in [-0.05, 0) is 18.2 Å². The summed E-state index contributed by atoms with van der Waals surface area (Å²) in [5.41, 5.74) is 1.88. The summed E-state index contributed by atoms with van der Waals surface area (Å²) in [6.07, 6.45) is 0. The average Bonchev–Trinajstić information content (AvgIpc) is 2.16. The normalized spacial score (nSPS) is 8.62. The molecule has 0 amide bonds. The van der Waals surface area contributed by atoms with Gasteiger partial charge in [-0.15, -0.1) is 0 Å². The monoisotopic (exact) mass is 171 g/mol. The second-order valence-corrected chi connectivity index (χ2v) is 2.85. The highest BCUT2D eigenvalue weighted by molar-refractivity contribution is 5.60. The highest BCUT2D eigenvalue weighted by atomic mass is 15.1. The first-order valence-electron chi connectivity index (χ1n) is 3.80. The van der Waals surface area contributed by atoms with Crippen molar-refractivity contribution in [2.45, 2.75) is 0 Å². The SMILES string of the molecule is CN(C)c1ccc(C#N)cc1C#N. The van der Waals surface area contributed by atoms with Gasteiger partial charge in [-0.2, -0.15) is 10.5 Å². The Morgan fingerprint density at radius 1 is 1.15 bits per heavy atom. The van der Waals surface area contributed by atoms with Gasteiger partial charge in [0, 0.05) is 14.1 Å². The molecule has 3 heteroatoms. The third-order valence-electron chi connectivity index (χ3n) is 1.73. The second kappa shape index (κ2) is 3.60. The van der Waals surface area contributed by atoms with E-state index in [1.54, 1.807) is 18.2 Å². The first-order valence-corrected chi connectivity index (χ1v) is 3.80. The van der Waals surface area contributed by atoms with E-state index in [1.807, 2.05) is 25.1 Å². The second-order valence-electron chi connectivity index (χ2n) is 2.85. The maximum atomic E-state index is 8.80. The van der Waals surface area contributed by atoms with Gasteiger partial charge in [-0.1, -0.05) is 0 Å². The van der Waals surface area contributed by atoms with E-state index in [4.69, 9.17) is 10.5 Å². The number of anilines is 1. The number of hydrogen-bond acceptors (Lipinski definition) is 3. The molecular formula is C10H9N3. The van der Waals surface area contributed by atoms with Gasteiger partial charge in [0.2, 0.25) is 0 Å². The lowest BCUT2D eigenvalue weighted by molar-refractivity contribution is 1.12. The first-order chi connectivity index (χ1) is 6.19. The van der Waals surface area contributed by atoms with Crippen molar-refractivity contribution in [3.63, 3.8) is 0 Å². The molecule has 0 aliphatic rings. The summed E-state index contributed by atoms with van der Waals surface area (Å²) in [5, 5.41) is 17.4. The number of rotatable bonds is 1. The molecule has 64 valence electrons. The van der Waals surface area contributed by atoms with Gasteiger partial charge in [-0.25, -0.2) is 0 Å². The Morgan fingerprint density at radius 3 is 2.31 bits per heavy atom. The maximum absolute atomic E-state index is 8.80. The molecule has 0 spiro atoms. The summed E-state index contributed by atoms with van der Waals surface area (Å²) < 4.78 is 0. The lowest BCUT2D eigenvalue weighted by atomic mass is 10.1. The van der Waals surface area contributed by atoms with E-state index < -0.39 is 0 Å². The van der Waals surface area contributed by atoms with Gasteiger partial charge >= 0.3 is 0 Å². The van der Waals surface area contributed by atoms with Crippen molar-refractivity contribution in [3.8, 4) is 12.1 Å². The summed E-state index contributed by atoms with van der Waals surface area (Å²) >= 11 is 0. The predicted octanol–water partition coefficient (Wildman–Crippen LogP) is 1.50. The van der Waals surface area contributed by atoms with Crippen molar-refractivity contribution >= 4 is 5.69 Å². The van der Waals surface area contributed by atoms with Gasteiger partial charge < -0.3 is 4.90 Å². The van der Waals surface area contributed by atoms with Crippen LogP contribution in [0.2, 0.25) is 0 Å². The molecule has 0 aliphatic carbocycles. The van der Waals surface area contributed by atoms with Crippen LogP contribution in [0.5, 0.6) is 0 Å². The standard InChI is InChI=1S/C10H9N3/c1-13(2)10-4-3-8(6-11)5-9(10)7-12/h3-5H,1-2H3. The number of nitrogens with zero attached hydrogens (tertiary/aromatic N) is 3. The Balaban J connectivity index is 3.28. The fraction of sp³-hybridized carbons (Fsp3) is 0.200. The molecule has 0 bridgehead atoms. The quantitative estimate of drug-likeness (QED) is 0.643. The number of nitriles is 2. The van der Waals surface area contributed by atoms with Gasteiger partial charge in [-0.3, -0.25) is 0 Å². The zero-order chi connectivity index (χ0) is 9.84. The molecule has 0 heterocycles. The molecular weight excluding hydrogens is 162 g/mol. The van der Waals surface area contributed by atoms with Gasteiger partial charge in [0.05, 0.1) is 22.9 Å². The molecule has 0 aliphatic heterocycles. The average molecular weight is 171 g/mol. The smallest absolute Gasteiger partial charge is 0.101 e. The van der Waals surface area contributed by atoms with Crippen molar-refractivity contribution in [1.82, 2.24) is 0 Å². The summed E-state index contributed by atoms with van der Waals surface area (Å²) in [7, 11) is 3.73. The largest absolute Gasteiger partial charge is 0.377 e. The van der Waals surface area contributed by atoms with Crippen molar-refractivity contribution < 1.29 is 0 Å². The van der Waals surface area contributed by atoms with Crippen LogP contribution >= 0.6 is 0 Å². The predicted molar refractivity (Wildman–Crippen MR) is 50.2 cm³/mol. The van der Waals surface area contributed by atoms with E-state index in [1.165, 1.54) is 0 Å². The summed E-state index contributed by atoms with van der Waals surface area (Å²) in [6, 6.07) is 9.13. The Morgan fingerprint density at radius 2 is 1.85 bits per heavy atom. The Hall–Kier alpha value is -2.00. The third kappa shape index (κ3) is 1.77. The van der Waals surface area contributed by atoms with E-state index in [0.717, 1.165) is 5.69 Å². The lowest BCUT2D eigenvalue weighted by Gasteiger charge is -2.13. The zero-order valence-electron chi connectivity index (χ0n) is 7.57. The van der Waals surface area contributed by atoms with Crippen LogP contribution in [0.4, 0.5) is 5.69 Å². The minimum Gasteiger partial charge on any atom is -0.377 e. The molecule has 3 nitrogen and oxygen atoms in total. The van der Waals surface area contributed by atoms with E-state index in [0.29, 0.717) is 11.1 Å². The van der Waals surface area contributed by atoms with Crippen molar-refractivity contribution in [3.05, 3.63) is 29.3 Å². The summed E-state index contributed by atoms with van der Waals surface area (Å²) in [6.45, 7) is 0. The fourth-order valence-corrected chi connectivity index (χ4v) is 1.09. The van der Waals surface area contributed by atoms with Gasteiger partial charge in [0.15, 0.2) is 0 Å². The minimum atomic E-state index is 0.516. The van der Waals surface area contributed by atoms with Crippen LogP contribution in [0.3, 0.4) is 0 Å². The van der Waals surface area contributed by atoms with Gasteiger partial charge in [0.1, 0.15) is 6.07 Å². The topological polar surface area (TPSA) is 50.8 Å². The number of benzene rings is 1. The summed E-state index contributed by atoms with van der Waals surface area (Å²) in [5.74, 6) is 0. The van der Waals surface area contributed by atoms with Crippen LogP contribution in [-0.2, 0) is 0 Å². The van der Waals surface area contributed by atoms with Crippen LogP contribution < -0.4 is 4.90 Å². The first kappa shape index (κ1) is 9.09. The van der Waals surface area contributed by atoms with Crippen molar-refractivity contribution in [2.24, 2.45) is 0 Å².